The summed E-state index contributed by atoms with van der Waals surface area (Å²) >= 11 is 0. The molecule has 4 N–H and O–H groups in total. The van der Waals surface area contributed by atoms with E-state index in [0.717, 1.165) is 12.8 Å². The van der Waals surface area contributed by atoms with Crippen LogP contribution in [0.1, 0.15) is 12.8 Å². The van der Waals surface area contributed by atoms with E-state index in [4.69, 9.17) is 10.5 Å². The highest BCUT2D eigenvalue weighted by atomic mass is 127. The lowest BCUT2D eigenvalue weighted by atomic mass is 10.3. The van der Waals surface area contributed by atoms with Crippen molar-refractivity contribution in [2.24, 2.45) is 10.7 Å². The Bertz CT molecular complexity index is 489. The molecule has 0 radical (unpaired) electrons. The van der Waals surface area contributed by atoms with Crippen molar-refractivity contribution in [3.8, 4) is 5.75 Å². The molecule has 0 saturated heterocycles. The fraction of sp³-hybridized carbons (Fsp3) is 0.385. The monoisotopic (exact) mass is 390 g/mol. The number of hydrogen-bond donors (Lipinski definition) is 3. The Morgan fingerprint density at radius 2 is 2.15 bits per heavy atom. The van der Waals surface area contributed by atoms with Crippen LogP contribution in [-0.4, -0.2) is 31.6 Å². The van der Waals surface area contributed by atoms with E-state index in [0.29, 0.717) is 17.5 Å². The van der Waals surface area contributed by atoms with Crippen LogP contribution in [0.25, 0.3) is 0 Å². The van der Waals surface area contributed by atoms with E-state index in [1.807, 2.05) is 24.3 Å². The molecule has 0 atom stereocenters. The largest absolute Gasteiger partial charge is 0.495 e. The number of benzene rings is 1. The Morgan fingerprint density at radius 1 is 1.45 bits per heavy atom. The predicted octanol–water partition coefficient (Wildman–Crippen LogP) is 1.32. The number of rotatable bonds is 5. The van der Waals surface area contributed by atoms with Gasteiger partial charge < -0.3 is 21.1 Å². The Labute approximate surface area is 135 Å². The zero-order valence-electron chi connectivity index (χ0n) is 11.3. The Balaban J connectivity index is 0.00000200. The molecule has 0 unspecified atom stereocenters. The van der Waals surface area contributed by atoms with E-state index in [9.17, 15) is 4.79 Å². The number of ether oxygens (including phenoxy) is 1. The van der Waals surface area contributed by atoms with E-state index in [1.165, 1.54) is 0 Å². The highest BCUT2D eigenvalue weighted by Gasteiger charge is 2.22. The lowest BCUT2D eigenvalue weighted by Crippen LogP contribution is -2.30. The summed E-state index contributed by atoms with van der Waals surface area (Å²) in [6, 6.07) is 7.70. The molecule has 0 heterocycles. The third-order valence-electron chi connectivity index (χ3n) is 2.71. The van der Waals surface area contributed by atoms with Crippen LogP contribution in [-0.2, 0) is 4.79 Å². The van der Waals surface area contributed by atoms with Gasteiger partial charge in [-0.15, -0.1) is 24.0 Å². The minimum absolute atomic E-state index is 0. The minimum atomic E-state index is -0.104. The molecule has 1 aliphatic rings. The average molecular weight is 390 g/mol. The van der Waals surface area contributed by atoms with Crippen LogP contribution < -0.4 is 21.1 Å². The van der Waals surface area contributed by atoms with Gasteiger partial charge in [0.25, 0.3) is 0 Å². The molecule has 20 heavy (non-hydrogen) atoms. The zero-order valence-corrected chi connectivity index (χ0v) is 13.6. The number of nitrogens with one attached hydrogen (secondary N) is 2. The first-order valence-corrected chi connectivity index (χ1v) is 6.18. The highest BCUT2D eigenvalue weighted by molar-refractivity contribution is 14.0. The van der Waals surface area contributed by atoms with Gasteiger partial charge in [0.2, 0.25) is 5.91 Å². The van der Waals surface area contributed by atoms with E-state index < -0.39 is 0 Å². The molecule has 1 fully saturated rings. The number of guanidine groups is 1. The maximum Gasteiger partial charge on any atom is 0.242 e. The summed E-state index contributed by atoms with van der Waals surface area (Å²) in [4.78, 5) is 15.4. The summed E-state index contributed by atoms with van der Waals surface area (Å²) in [6.07, 6.45) is 2.12. The number of carbonyl (C=O) groups excluding carboxylic acids is 1. The number of amides is 1. The van der Waals surface area contributed by atoms with E-state index >= 15 is 0 Å². The molecular formula is C13H19IN4O2. The van der Waals surface area contributed by atoms with Gasteiger partial charge >= 0.3 is 0 Å². The van der Waals surface area contributed by atoms with Gasteiger partial charge in [0.15, 0.2) is 5.96 Å². The normalized spacial score (nSPS) is 14.2. The molecule has 110 valence electrons. The second-order valence-electron chi connectivity index (χ2n) is 4.37. The van der Waals surface area contributed by atoms with Crippen molar-refractivity contribution in [1.29, 1.82) is 0 Å². The van der Waals surface area contributed by atoms with Crippen LogP contribution in [0.4, 0.5) is 5.69 Å². The first-order chi connectivity index (χ1) is 9.19. The number of nitrogens with zero attached hydrogens (tertiary/aromatic N) is 1. The number of aliphatic imine (C=N–C) groups is 1. The molecule has 2 rings (SSSR count). The molecule has 7 heteroatoms. The van der Waals surface area contributed by atoms with Crippen molar-refractivity contribution in [3.63, 3.8) is 0 Å². The quantitative estimate of drug-likeness (QED) is 0.402. The van der Waals surface area contributed by atoms with Crippen LogP contribution >= 0.6 is 24.0 Å². The first kappa shape index (κ1) is 16.5. The number of para-hydroxylation sites is 2. The molecule has 6 nitrogen and oxygen atoms in total. The van der Waals surface area contributed by atoms with Gasteiger partial charge in [0.1, 0.15) is 12.3 Å². The summed E-state index contributed by atoms with van der Waals surface area (Å²) < 4.78 is 5.18. The molecule has 0 aromatic heterocycles. The zero-order chi connectivity index (χ0) is 13.7. The molecule has 1 aromatic carbocycles. The highest BCUT2D eigenvalue weighted by Crippen LogP contribution is 2.22. The molecule has 1 aromatic rings. The molecule has 1 aliphatic carbocycles. The molecule has 0 bridgehead atoms. The van der Waals surface area contributed by atoms with Gasteiger partial charge in [-0.05, 0) is 25.0 Å². The second kappa shape index (κ2) is 7.93. The minimum Gasteiger partial charge on any atom is -0.495 e. The van der Waals surface area contributed by atoms with Gasteiger partial charge in [-0.3, -0.25) is 4.79 Å². The van der Waals surface area contributed by atoms with E-state index in [2.05, 4.69) is 15.6 Å². The van der Waals surface area contributed by atoms with E-state index in [1.54, 1.807) is 7.11 Å². The molecular weight excluding hydrogens is 371 g/mol. The maximum atomic E-state index is 11.4. The number of halogens is 1. The summed E-state index contributed by atoms with van der Waals surface area (Å²) in [6.45, 7) is 0.0322. The predicted molar refractivity (Wildman–Crippen MR) is 89.7 cm³/mol. The average Bonchev–Trinajstić information content (AvgIpc) is 3.21. The van der Waals surface area contributed by atoms with Crippen LogP contribution in [0.5, 0.6) is 5.75 Å². The van der Waals surface area contributed by atoms with Gasteiger partial charge in [-0.2, -0.15) is 0 Å². The van der Waals surface area contributed by atoms with Crippen LogP contribution in [0.2, 0.25) is 0 Å². The fourth-order valence-electron chi connectivity index (χ4n) is 1.58. The van der Waals surface area contributed by atoms with Crippen molar-refractivity contribution >= 4 is 41.5 Å². The lowest BCUT2D eigenvalue weighted by molar-refractivity contribution is -0.119. The number of anilines is 1. The topological polar surface area (TPSA) is 88.7 Å². The van der Waals surface area contributed by atoms with Gasteiger partial charge in [0.05, 0.1) is 12.8 Å². The molecule has 1 amide bonds. The van der Waals surface area contributed by atoms with Crippen molar-refractivity contribution in [2.45, 2.75) is 18.9 Å². The summed E-state index contributed by atoms with van der Waals surface area (Å²) in [7, 11) is 1.58. The van der Waals surface area contributed by atoms with Crippen LogP contribution in [0.15, 0.2) is 29.3 Å². The lowest BCUT2D eigenvalue weighted by Gasteiger charge is -2.10. The Kier molecular flexibility index (Phi) is 6.56. The van der Waals surface area contributed by atoms with Crippen molar-refractivity contribution in [3.05, 3.63) is 24.3 Å². The van der Waals surface area contributed by atoms with Crippen LogP contribution in [0.3, 0.4) is 0 Å². The Hall–Kier alpha value is -1.51. The van der Waals surface area contributed by atoms with Crippen molar-refractivity contribution in [1.82, 2.24) is 5.32 Å². The molecule has 1 saturated carbocycles. The Morgan fingerprint density at radius 3 is 2.80 bits per heavy atom. The third kappa shape index (κ3) is 5.24. The van der Waals surface area contributed by atoms with Crippen molar-refractivity contribution in [2.75, 3.05) is 19.0 Å². The summed E-state index contributed by atoms with van der Waals surface area (Å²) in [5.74, 6) is 0.755. The number of hydrogen-bond acceptors (Lipinski definition) is 3. The third-order valence-corrected chi connectivity index (χ3v) is 2.71. The van der Waals surface area contributed by atoms with E-state index in [-0.39, 0.29) is 42.4 Å². The number of nitrogens with two attached hydrogens (primary N) is 1. The second-order valence-corrected chi connectivity index (χ2v) is 4.37. The summed E-state index contributed by atoms with van der Waals surface area (Å²) in [5, 5.41) is 5.75. The van der Waals surface area contributed by atoms with Gasteiger partial charge in [0, 0.05) is 6.04 Å². The molecule has 0 aliphatic heterocycles. The molecule has 0 spiro atoms. The SMILES string of the molecule is COc1ccccc1NC(N)=NCC(=O)NC1CC1.I. The number of methoxy groups -OCH3 is 1. The van der Waals surface area contributed by atoms with Crippen molar-refractivity contribution < 1.29 is 9.53 Å². The van der Waals surface area contributed by atoms with Gasteiger partial charge in [-0.1, -0.05) is 12.1 Å². The fourth-order valence-corrected chi connectivity index (χ4v) is 1.58. The van der Waals surface area contributed by atoms with Crippen LogP contribution in [0, 0.1) is 0 Å². The standard InChI is InChI=1S/C13H18N4O2.HI/c1-19-11-5-3-2-4-10(11)17-13(14)15-8-12(18)16-9-6-7-9;/h2-5,9H,6-8H2,1H3,(H,16,18)(H3,14,15,17);1H. The number of carbonyl (C=O) groups is 1. The smallest absolute Gasteiger partial charge is 0.242 e. The first-order valence-electron chi connectivity index (χ1n) is 6.18. The van der Waals surface area contributed by atoms with Gasteiger partial charge in [-0.25, -0.2) is 4.99 Å². The summed E-state index contributed by atoms with van der Waals surface area (Å²) in [5.41, 5.74) is 6.44. The maximum absolute atomic E-state index is 11.4.